The van der Waals surface area contributed by atoms with Crippen molar-refractivity contribution in [1.29, 1.82) is 0 Å². The van der Waals surface area contributed by atoms with Crippen molar-refractivity contribution < 1.29 is 13.2 Å². The first kappa shape index (κ1) is 16.0. The quantitative estimate of drug-likeness (QED) is 0.788. The Morgan fingerprint density at radius 1 is 1.14 bits per heavy atom. The van der Waals surface area contributed by atoms with Crippen molar-refractivity contribution in [3.05, 3.63) is 52.4 Å². The molecule has 0 bridgehead atoms. The number of benzene rings is 1. The van der Waals surface area contributed by atoms with Crippen LogP contribution >= 0.6 is 22.9 Å². The zero-order chi connectivity index (χ0) is 15.3. The molecule has 8 heteroatoms. The molecule has 0 unspecified atom stereocenters. The van der Waals surface area contributed by atoms with Crippen LogP contribution in [-0.4, -0.2) is 27.4 Å². The first-order chi connectivity index (χ1) is 10.0. The second kappa shape index (κ2) is 7.04. The number of sulfonamides is 1. The van der Waals surface area contributed by atoms with Gasteiger partial charge in [-0.2, -0.15) is 0 Å². The van der Waals surface area contributed by atoms with Gasteiger partial charge in [-0.1, -0.05) is 29.8 Å². The van der Waals surface area contributed by atoms with Gasteiger partial charge < -0.3 is 5.32 Å². The van der Waals surface area contributed by atoms with Crippen molar-refractivity contribution in [2.45, 2.75) is 4.21 Å². The molecular weight excluding hydrogens is 332 g/mol. The highest BCUT2D eigenvalue weighted by atomic mass is 35.5. The van der Waals surface area contributed by atoms with Crippen molar-refractivity contribution >= 4 is 38.9 Å². The number of amides is 1. The topological polar surface area (TPSA) is 75.3 Å². The lowest BCUT2D eigenvalue weighted by Crippen LogP contribution is -2.34. The van der Waals surface area contributed by atoms with E-state index in [4.69, 9.17) is 11.6 Å². The molecule has 0 aliphatic carbocycles. The minimum Gasteiger partial charge on any atom is -0.351 e. The highest BCUT2D eigenvalue weighted by molar-refractivity contribution is 7.91. The largest absolute Gasteiger partial charge is 0.351 e. The third kappa shape index (κ3) is 4.28. The molecule has 112 valence electrons. The Balaban J connectivity index is 1.83. The molecule has 0 fully saturated rings. The Labute approximate surface area is 132 Å². The van der Waals surface area contributed by atoms with Gasteiger partial charge in [0.1, 0.15) is 4.21 Å². The second-order valence-electron chi connectivity index (χ2n) is 4.07. The zero-order valence-electron chi connectivity index (χ0n) is 10.9. The van der Waals surface area contributed by atoms with E-state index < -0.39 is 10.0 Å². The van der Waals surface area contributed by atoms with E-state index in [1.165, 1.54) is 6.07 Å². The maximum absolute atomic E-state index is 11.8. The summed E-state index contributed by atoms with van der Waals surface area (Å²) in [7, 11) is -3.50. The van der Waals surface area contributed by atoms with E-state index in [1.807, 2.05) is 0 Å². The van der Waals surface area contributed by atoms with Crippen LogP contribution in [0.15, 0.2) is 46.0 Å². The predicted octanol–water partition coefficient (Wildman–Crippen LogP) is 2.11. The van der Waals surface area contributed by atoms with Gasteiger partial charge in [-0.05, 0) is 23.6 Å². The van der Waals surface area contributed by atoms with Crippen LogP contribution in [0, 0.1) is 0 Å². The first-order valence-corrected chi connectivity index (χ1v) is 8.81. The summed E-state index contributed by atoms with van der Waals surface area (Å²) in [6.45, 7) is 0.283. The number of carbonyl (C=O) groups excluding carboxylic acids is 1. The van der Waals surface area contributed by atoms with Crippen LogP contribution < -0.4 is 10.0 Å². The fourth-order valence-electron chi connectivity index (χ4n) is 1.59. The molecule has 0 aliphatic rings. The summed E-state index contributed by atoms with van der Waals surface area (Å²) in [6.07, 6.45) is 0. The lowest BCUT2D eigenvalue weighted by molar-refractivity contribution is 0.0954. The number of carbonyl (C=O) groups is 1. The zero-order valence-corrected chi connectivity index (χ0v) is 13.3. The van der Waals surface area contributed by atoms with Gasteiger partial charge in [0.25, 0.3) is 5.91 Å². The fraction of sp³-hybridized carbons (Fsp3) is 0.154. The summed E-state index contributed by atoms with van der Waals surface area (Å²) < 4.78 is 26.3. The van der Waals surface area contributed by atoms with Crippen LogP contribution in [0.25, 0.3) is 0 Å². The van der Waals surface area contributed by atoms with Crippen LogP contribution in [0.1, 0.15) is 10.4 Å². The summed E-state index contributed by atoms with van der Waals surface area (Å²) in [4.78, 5) is 11.8. The number of rotatable bonds is 6. The molecule has 2 N–H and O–H groups in total. The summed E-state index contributed by atoms with van der Waals surface area (Å²) >= 11 is 7.04. The molecule has 1 amide bonds. The van der Waals surface area contributed by atoms with Crippen molar-refractivity contribution in [2.75, 3.05) is 13.1 Å². The molecule has 21 heavy (non-hydrogen) atoms. The maximum atomic E-state index is 11.8. The molecule has 1 aromatic heterocycles. The molecular formula is C13H13ClN2O3S2. The Morgan fingerprint density at radius 3 is 2.57 bits per heavy atom. The third-order valence-corrected chi connectivity index (χ3v) is 5.77. The number of hydrogen-bond acceptors (Lipinski definition) is 4. The average Bonchev–Trinajstić information content (AvgIpc) is 2.99. The third-order valence-electron chi connectivity index (χ3n) is 2.58. The Kier molecular flexibility index (Phi) is 5.35. The average molecular weight is 345 g/mol. The van der Waals surface area contributed by atoms with Crippen molar-refractivity contribution in [3.63, 3.8) is 0 Å². The Morgan fingerprint density at radius 2 is 1.90 bits per heavy atom. The maximum Gasteiger partial charge on any atom is 0.252 e. The molecule has 5 nitrogen and oxygen atoms in total. The normalized spacial score (nSPS) is 11.3. The van der Waals surface area contributed by atoms with Gasteiger partial charge >= 0.3 is 0 Å². The van der Waals surface area contributed by atoms with Crippen LogP contribution in [0.3, 0.4) is 0 Å². The summed E-state index contributed by atoms with van der Waals surface area (Å²) in [5.74, 6) is -0.337. The van der Waals surface area contributed by atoms with Gasteiger partial charge in [0.05, 0.1) is 10.6 Å². The molecule has 0 spiro atoms. The van der Waals surface area contributed by atoms with Crippen LogP contribution in [0.2, 0.25) is 5.02 Å². The summed E-state index contributed by atoms with van der Waals surface area (Å²) in [5, 5.41) is 4.65. The van der Waals surface area contributed by atoms with Gasteiger partial charge in [-0.15, -0.1) is 11.3 Å². The second-order valence-corrected chi connectivity index (χ2v) is 7.41. The monoisotopic (exact) mass is 344 g/mol. The molecule has 2 aromatic rings. The molecule has 2 rings (SSSR count). The van der Waals surface area contributed by atoms with E-state index >= 15 is 0 Å². The Hall–Kier alpha value is -1.41. The highest BCUT2D eigenvalue weighted by Gasteiger charge is 2.14. The lowest BCUT2D eigenvalue weighted by Gasteiger charge is -2.07. The van der Waals surface area contributed by atoms with Crippen molar-refractivity contribution in [3.8, 4) is 0 Å². The molecule has 0 aliphatic heterocycles. The fourth-order valence-corrected chi connectivity index (χ4v) is 3.88. The van der Waals surface area contributed by atoms with Gasteiger partial charge in [-0.25, -0.2) is 13.1 Å². The molecule has 0 saturated carbocycles. The van der Waals surface area contributed by atoms with Crippen LogP contribution in [0.5, 0.6) is 0 Å². The van der Waals surface area contributed by atoms with E-state index in [1.54, 1.807) is 35.7 Å². The molecule has 1 aromatic carbocycles. The minimum atomic E-state index is -3.50. The van der Waals surface area contributed by atoms with Crippen LogP contribution in [-0.2, 0) is 10.0 Å². The summed E-state index contributed by atoms with van der Waals surface area (Å²) in [6, 6.07) is 9.85. The molecule has 1 heterocycles. The predicted molar refractivity (Wildman–Crippen MR) is 83.3 cm³/mol. The molecule has 0 saturated heterocycles. The minimum absolute atomic E-state index is 0.108. The number of nitrogens with one attached hydrogen (secondary N) is 2. The standard InChI is InChI=1S/C13H13ClN2O3S2/c14-11-5-2-1-4-10(11)13(17)15-7-8-16-21(18,19)12-6-3-9-20-12/h1-6,9,16H,7-8H2,(H,15,17). The number of halogens is 1. The lowest BCUT2D eigenvalue weighted by atomic mass is 10.2. The smallest absolute Gasteiger partial charge is 0.252 e. The van der Waals surface area contributed by atoms with E-state index in [-0.39, 0.29) is 23.2 Å². The highest BCUT2D eigenvalue weighted by Crippen LogP contribution is 2.15. The van der Waals surface area contributed by atoms with Crippen LogP contribution in [0.4, 0.5) is 0 Å². The number of thiophene rings is 1. The van der Waals surface area contributed by atoms with E-state index in [2.05, 4.69) is 10.0 Å². The van der Waals surface area contributed by atoms with Gasteiger partial charge in [-0.3, -0.25) is 4.79 Å². The summed E-state index contributed by atoms with van der Waals surface area (Å²) in [5.41, 5.74) is 0.361. The van der Waals surface area contributed by atoms with E-state index in [0.29, 0.717) is 10.6 Å². The number of hydrogen-bond donors (Lipinski definition) is 2. The van der Waals surface area contributed by atoms with Crippen molar-refractivity contribution in [1.82, 2.24) is 10.0 Å². The molecule has 0 atom stereocenters. The Bertz CT molecular complexity index is 715. The van der Waals surface area contributed by atoms with Crippen molar-refractivity contribution in [2.24, 2.45) is 0 Å². The molecule has 0 radical (unpaired) electrons. The van der Waals surface area contributed by atoms with Gasteiger partial charge in [0, 0.05) is 13.1 Å². The first-order valence-electron chi connectivity index (χ1n) is 6.06. The SMILES string of the molecule is O=C(NCCNS(=O)(=O)c1cccs1)c1ccccc1Cl. The van der Waals surface area contributed by atoms with Gasteiger partial charge in [0.2, 0.25) is 10.0 Å². The van der Waals surface area contributed by atoms with E-state index in [9.17, 15) is 13.2 Å². The van der Waals surface area contributed by atoms with E-state index in [0.717, 1.165) is 11.3 Å². The van der Waals surface area contributed by atoms with Gasteiger partial charge in [0.15, 0.2) is 0 Å².